The van der Waals surface area contributed by atoms with E-state index in [2.05, 4.69) is 26.8 Å². The van der Waals surface area contributed by atoms with Gasteiger partial charge in [0.15, 0.2) is 7.14 Å². The van der Waals surface area contributed by atoms with Gasteiger partial charge in [0, 0.05) is 21.3 Å². The number of hydrogen-bond acceptors (Lipinski definition) is 1. The van der Waals surface area contributed by atoms with Crippen LogP contribution in [-0.2, 0) is 4.57 Å². The quantitative estimate of drug-likeness (QED) is 0.691. The van der Waals surface area contributed by atoms with E-state index in [1.165, 1.54) is 11.7 Å². The molecule has 0 radical (unpaired) electrons. The van der Waals surface area contributed by atoms with Crippen LogP contribution < -0.4 is 10.6 Å². The molecule has 1 nitrogen and oxygen atoms in total. The van der Waals surface area contributed by atoms with Crippen molar-refractivity contribution in [1.29, 1.82) is 0 Å². The molecule has 0 aliphatic heterocycles. The van der Waals surface area contributed by atoms with E-state index >= 15 is 0 Å². The van der Waals surface area contributed by atoms with Gasteiger partial charge in [0.2, 0.25) is 0 Å². The molecule has 2 aromatic carbocycles. The van der Waals surface area contributed by atoms with Crippen LogP contribution in [0.15, 0.2) is 72.1 Å². The lowest BCUT2D eigenvalue weighted by atomic mass is 9.70. The minimum atomic E-state index is -2.80. The fourth-order valence-electron chi connectivity index (χ4n) is 4.82. The number of allylic oxidation sites excluding steroid dienone is 2. The molecule has 0 heterocycles. The summed E-state index contributed by atoms with van der Waals surface area (Å²) in [4.78, 5) is 0. The van der Waals surface area contributed by atoms with E-state index in [9.17, 15) is 4.57 Å². The highest BCUT2D eigenvalue weighted by Crippen LogP contribution is 2.74. The summed E-state index contributed by atoms with van der Waals surface area (Å²) in [6, 6.07) is 20.2. The zero-order valence-corrected chi connectivity index (χ0v) is 15.6. The summed E-state index contributed by atoms with van der Waals surface area (Å²) in [5.74, 6) is 0.540. The van der Waals surface area contributed by atoms with Crippen LogP contribution in [0.5, 0.6) is 0 Å². The fourth-order valence-corrected chi connectivity index (χ4v) is 8.34. The molecule has 2 bridgehead atoms. The molecule has 0 spiro atoms. The van der Waals surface area contributed by atoms with Crippen molar-refractivity contribution < 1.29 is 4.57 Å². The predicted octanol–water partition coefficient (Wildman–Crippen LogP) is 5.34. The van der Waals surface area contributed by atoms with E-state index in [0.29, 0.717) is 5.92 Å². The average molecular weight is 336 g/mol. The second-order valence-corrected chi connectivity index (χ2v) is 10.8. The summed E-state index contributed by atoms with van der Waals surface area (Å²) in [6.07, 6.45) is 4.72. The third-order valence-electron chi connectivity index (χ3n) is 6.81. The summed E-state index contributed by atoms with van der Waals surface area (Å²) in [5, 5.41) is 3.12. The van der Waals surface area contributed by atoms with Crippen molar-refractivity contribution in [2.45, 2.75) is 33.6 Å². The van der Waals surface area contributed by atoms with Gasteiger partial charge in [0.25, 0.3) is 0 Å². The molecule has 0 unspecified atom stereocenters. The van der Waals surface area contributed by atoms with E-state index in [1.54, 1.807) is 0 Å². The van der Waals surface area contributed by atoms with Crippen LogP contribution in [0.3, 0.4) is 0 Å². The molecule has 2 heteroatoms. The maximum atomic E-state index is 14.6. The lowest BCUT2D eigenvalue weighted by Gasteiger charge is -2.40. The Hall–Kier alpha value is -1.59. The molecule has 124 valence electrons. The molecule has 2 aromatic rings. The van der Waals surface area contributed by atoms with Crippen LogP contribution in [-0.4, -0.2) is 0 Å². The first-order valence-electron chi connectivity index (χ1n) is 8.85. The lowest BCUT2D eigenvalue weighted by Crippen LogP contribution is -2.33. The molecule has 2 aliphatic carbocycles. The Balaban J connectivity index is 1.97. The molecule has 2 atom stereocenters. The predicted molar refractivity (Wildman–Crippen MR) is 102 cm³/mol. The molecule has 2 aliphatic rings. The van der Waals surface area contributed by atoms with Crippen molar-refractivity contribution in [1.82, 2.24) is 0 Å². The SMILES string of the molecule is CC1(C)[C@H]2C=C(P(=O)(c3ccccc3)c3ccccc3)[C@@]1(C)CC2. The van der Waals surface area contributed by atoms with Gasteiger partial charge in [-0.05, 0) is 24.2 Å². The third kappa shape index (κ3) is 1.91. The second kappa shape index (κ2) is 5.20. The normalized spacial score (nSPS) is 28.0. The first-order valence-corrected chi connectivity index (χ1v) is 10.6. The molecular formula is C22H25OP. The van der Waals surface area contributed by atoms with Gasteiger partial charge in [0.1, 0.15) is 0 Å². The van der Waals surface area contributed by atoms with Crippen LogP contribution >= 0.6 is 7.14 Å². The molecule has 0 amide bonds. The van der Waals surface area contributed by atoms with Crippen LogP contribution in [0.25, 0.3) is 0 Å². The number of hydrogen-bond donors (Lipinski definition) is 0. The van der Waals surface area contributed by atoms with Crippen LogP contribution in [0, 0.1) is 16.7 Å². The van der Waals surface area contributed by atoms with Crippen molar-refractivity contribution in [3.63, 3.8) is 0 Å². The summed E-state index contributed by atoms with van der Waals surface area (Å²) in [5.41, 5.74) is 0.195. The topological polar surface area (TPSA) is 17.1 Å². The van der Waals surface area contributed by atoms with E-state index < -0.39 is 7.14 Å². The fraction of sp³-hybridized carbons (Fsp3) is 0.364. The van der Waals surface area contributed by atoms with Gasteiger partial charge >= 0.3 is 0 Å². The largest absolute Gasteiger partial charge is 0.309 e. The second-order valence-electron chi connectivity index (χ2n) is 8.03. The third-order valence-corrected chi connectivity index (χ3v) is 10.2. The van der Waals surface area contributed by atoms with E-state index in [0.717, 1.165) is 17.0 Å². The Labute approximate surface area is 145 Å². The van der Waals surface area contributed by atoms with Gasteiger partial charge in [-0.15, -0.1) is 0 Å². The van der Waals surface area contributed by atoms with E-state index in [4.69, 9.17) is 0 Å². The molecule has 24 heavy (non-hydrogen) atoms. The molecule has 0 saturated heterocycles. The van der Waals surface area contributed by atoms with E-state index in [1.807, 2.05) is 60.7 Å². The zero-order valence-electron chi connectivity index (χ0n) is 14.7. The van der Waals surface area contributed by atoms with Crippen molar-refractivity contribution in [2.75, 3.05) is 0 Å². The summed E-state index contributed by atoms with van der Waals surface area (Å²) >= 11 is 0. The van der Waals surface area contributed by atoms with E-state index in [-0.39, 0.29) is 10.8 Å². The molecule has 1 fully saturated rings. The van der Waals surface area contributed by atoms with Crippen LogP contribution in [0.2, 0.25) is 0 Å². The average Bonchev–Trinajstić information content (AvgIpc) is 2.96. The Morgan fingerprint density at radius 1 is 0.875 bits per heavy atom. The van der Waals surface area contributed by atoms with Crippen LogP contribution in [0.4, 0.5) is 0 Å². The summed E-state index contributed by atoms with van der Waals surface area (Å²) < 4.78 is 14.6. The molecular weight excluding hydrogens is 311 g/mol. The van der Waals surface area contributed by atoms with Crippen molar-refractivity contribution in [3.05, 3.63) is 72.1 Å². The molecule has 4 rings (SSSR count). The summed E-state index contributed by atoms with van der Waals surface area (Å²) in [7, 11) is -2.80. The standard InChI is InChI=1S/C22H25OP/c1-21(2)17-14-15-22(21,3)20(16-17)24(23,18-10-6-4-7-11-18)19-12-8-5-9-13-19/h4-13,16-17H,14-15H2,1-3H3/t17-,22-/m1/s1. The van der Waals surface area contributed by atoms with Gasteiger partial charge < -0.3 is 4.57 Å². The van der Waals surface area contributed by atoms with Gasteiger partial charge in [-0.1, -0.05) is 87.5 Å². The maximum Gasteiger partial charge on any atom is 0.167 e. The van der Waals surface area contributed by atoms with Crippen molar-refractivity contribution >= 4 is 17.8 Å². The highest BCUT2D eigenvalue weighted by atomic mass is 31.2. The highest BCUT2D eigenvalue weighted by molar-refractivity contribution is 7.82. The lowest BCUT2D eigenvalue weighted by molar-refractivity contribution is 0.177. The van der Waals surface area contributed by atoms with Gasteiger partial charge in [-0.3, -0.25) is 0 Å². The van der Waals surface area contributed by atoms with Gasteiger partial charge in [-0.25, -0.2) is 0 Å². The monoisotopic (exact) mass is 336 g/mol. The summed E-state index contributed by atoms with van der Waals surface area (Å²) in [6.45, 7) is 7.05. The Kier molecular flexibility index (Phi) is 3.45. The zero-order chi connectivity index (χ0) is 17.0. The smallest absolute Gasteiger partial charge is 0.167 e. The molecule has 1 saturated carbocycles. The maximum absolute atomic E-state index is 14.6. The minimum Gasteiger partial charge on any atom is -0.309 e. The first kappa shape index (κ1) is 15.9. The van der Waals surface area contributed by atoms with Crippen molar-refractivity contribution in [2.24, 2.45) is 16.7 Å². The van der Waals surface area contributed by atoms with Crippen LogP contribution in [0.1, 0.15) is 33.6 Å². The highest BCUT2D eigenvalue weighted by Gasteiger charge is 2.61. The first-order chi connectivity index (χ1) is 11.4. The van der Waals surface area contributed by atoms with Gasteiger partial charge in [0.05, 0.1) is 0 Å². The Morgan fingerprint density at radius 2 is 1.38 bits per heavy atom. The number of fused-ring (bicyclic) bond motifs is 2. The Bertz CT molecular complexity index is 791. The molecule has 0 N–H and O–H groups in total. The number of rotatable bonds is 3. The van der Waals surface area contributed by atoms with Gasteiger partial charge in [-0.2, -0.15) is 0 Å². The minimum absolute atomic E-state index is 0.0128. The number of benzene rings is 2. The Morgan fingerprint density at radius 3 is 1.75 bits per heavy atom. The van der Waals surface area contributed by atoms with Crippen molar-refractivity contribution in [3.8, 4) is 0 Å². The molecule has 0 aromatic heterocycles.